The van der Waals surface area contributed by atoms with Gasteiger partial charge in [-0.25, -0.2) is 0 Å². The van der Waals surface area contributed by atoms with Crippen LogP contribution < -0.4 is 5.32 Å². The quantitative estimate of drug-likeness (QED) is 0.862. The first-order valence-electron chi connectivity index (χ1n) is 5.84. The Labute approximate surface area is 101 Å². The third kappa shape index (κ3) is 2.39. The summed E-state index contributed by atoms with van der Waals surface area (Å²) >= 11 is 0. The minimum absolute atomic E-state index is 0.169. The van der Waals surface area contributed by atoms with Crippen molar-refractivity contribution in [2.24, 2.45) is 14.1 Å². The lowest BCUT2D eigenvalue weighted by molar-refractivity contribution is 0.626. The first-order valence-corrected chi connectivity index (χ1v) is 5.84. The minimum atomic E-state index is 0.169. The van der Waals surface area contributed by atoms with Crippen molar-refractivity contribution in [3.63, 3.8) is 0 Å². The molecule has 0 saturated carbocycles. The molecule has 2 rings (SSSR count). The maximum atomic E-state index is 4.40. The Hall–Kier alpha value is -1.62. The van der Waals surface area contributed by atoms with Crippen LogP contribution in [-0.2, 0) is 14.1 Å². The number of aromatic nitrogens is 4. The van der Waals surface area contributed by atoms with Gasteiger partial charge in [0.1, 0.15) is 0 Å². The highest BCUT2D eigenvalue weighted by Gasteiger charge is 2.18. The van der Waals surface area contributed by atoms with Gasteiger partial charge in [0, 0.05) is 37.6 Å². The molecule has 92 valence electrons. The molecule has 17 heavy (non-hydrogen) atoms. The zero-order valence-corrected chi connectivity index (χ0v) is 10.8. The van der Waals surface area contributed by atoms with Gasteiger partial charge in [-0.3, -0.25) is 9.36 Å². The van der Waals surface area contributed by atoms with Gasteiger partial charge in [0.15, 0.2) is 0 Å². The highest BCUT2D eigenvalue weighted by molar-refractivity contribution is 5.30. The molecule has 0 bridgehead atoms. The van der Waals surface area contributed by atoms with Crippen LogP contribution >= 0.6 is 0 Å². The summed E-state index contributed by atoms with van der Waals surface area (Å²) in [7, 11) is 3.88. The van der Waals surface area contributed by atoms with E-state index in [-0.39, 0.29) is 6.04 Å². The van der Waals surface area contributed by atoms with E-state index in [4.69, 9.17) is 0 Å². The highest BCUT2D eigenvalue weighted by Crippen LogP contribution is 2.23. The van der Waals surface area contributed by atoms with Crippen molar-refractivity contribution in [1.29, 1.82) is 0 Å². The molecule has 2 aromatic heterocycles. The maximum Gasteiger partial charge on any atom is 0.0644 e. The standard InChI is InChI=1S/C12H19N5/c1-5-13-12(10-6-14-16(3)7-10)11-8-17(4)15-9(11)2/h6-8,12-13H,5H2,1-4H3. The summed E-state index contributed by atoms with van der Waals surface area (Å²) < 4.78 is 3.68. The van der Waals surface area contributed by atoms with Crippen molar-refractivity contribution in [3.8, 4) is 0 Å². The molecule has 2 aromatic rings. The van der Waals surface area contributed by atoms with Gasteiger partial charge in [-0.1, -0.05) is 6.92 Å². The van der Waals surface area contributed by atoms with E-state index in [0.29, 0.717) is 0 Å². The summed E-state index contributed by atoms with van der Waals surface area (Å²) in [4.78, 5) is 0. The third-order valence-corrected chi connectivity index (χ3v) is 2.83. The fraction of sp³-hybridized carbons (Fsp3) is 0.500. The summed E-state index contributed by atoms with van der Waals surface area (Å²) in [6.45, 7) is 5.05. The summed E-state index contributed by atoms with van der Waals surface area (Å²) in [5.41, 5.74) is 3.44. The van der Waals surface area contributed by atoms with Crippen LogP contribution in [0.1, 0.15) is 29.8 Å². The number of nitrogens with one attached hydrogen (secondary N) is 1. The van der Waals surface area contributed by atoms with E-state index in [1.165, 1.54) is 11.1 Å². The van der Waals surface area contributed by atoms with Gasteiger partial charge in [0.2, 0.25) is 0 Å². The van der Waals surface area contributed by atoms with E-state index in [2.05, 4.69) is 28.6 Å². The van der Waals surface area contributed by atoms with Crippen molar-refractivity contribution in [3.05, 3.63) is 35.4 Å². The van der Waals surface area contributed by atoms with Crippen LogP contribution in [0.3, 0.4) is 0 Å². The molecular formula is C12H19N5. The highest BCUT2D eigenvalue weighted by atomic mass is 15.3. The second-order valence-corrected chi connectivity index (χ2v) is 4.28. The number of aryl methyl sites for hydroxylation is 3. The van der Waals surface area contributed by atoms with Crippen LogP contribution in [0.4, 0.5) is 0 Å². The zero-order valence-electron chi connectivity index (χ0n) is 10.8. The zero-order chi connectivity index (χ0) is 12.4. The van der Waals surface area contributed by atoms with Gasteiger partial charge in [-0.2, -0.15) is 10.2 Å². The molecule has 0 saturated heterocycles. The van der Waals surface area contributed by atoms with Crippen molar-refractivity contribution in [1.82, 2.24) is 24.9 Å². The van der Waals surface area contributed by atoms with Crippen LogP contribution in [0.2, 0.25) is 0 Å². The van der Waals surface area contributed by atoms with Gasteiger partial charge >= 0.3 is 0 Å². The lowest BCUT2D eigenvalue weighted by Crippen LogP contribution is -2.22. The Morgan fingerprint density at radius 3 is 2.53 bits per heavy atom. The first kappa shape index (κ1) is 11.9. The average molecular weight is 233 g/mol. The molecule has 1 N–H and O–H groups in total. The Balaban J connectivity index is 2.38. The molecule has 0 spiro atoms. The Bertz CT molecular complexity index is 497. The van der Waals surface area contributed by atoms with E-state index >= 15 is 0 Å². The predicted molar refractivity (Wildman–Crippen MR) is 66.7 cm³/mol. The lowest BCUT2D eigenvalue weighted by atomic mass is 10.0. The topological polar surface area (TPSA) is 47.7 Å². The fourth-order valence-corrected chi connectivity index (χ4v) is 2.10. The SMILES string of the molecule is CCNC(c1cnn(C)c1)c1cn(C)nc1C. The average Bonchev–Trinajstić information content (AvgIpc) is 2.82. The van der Waals surface area contributed by atoms with Crippen LogP contribution in [0.25, 0.3) is 0 Å². The van der Waals surface area contributed by atoms with Crippen molar-refractivity contribution >= 4 is 0 Å². The van der Waals surface area contributed by atoms with Gasteiger partial charge < -0.3 is 5.32 Å². The molecule has 0 fully saturated rings. The first-order chi connectivity index (χ1) is 8.11. The van der Waals surface area contributed by atoms with E-state index in [9.17, 15) is 0 Å². The molecule has 1 unspecified atom stereocenters. The number of hydrogen-bond donors (Lipinski definition) is 1. The summed E-state index contributed by atoms with van der Waals surface area (Å²) in [6, 6.07) is 0.169. The van der Waals surface area contributed by atoms with E-state index in [0.717, 1.165) is 12.2 Å². The number of hydrogen-bond acceptors (Lipinski definition) is 3. The normalized spacial score (nSPS) is 12.9. The monoisotopic (exact) mass is 233 g/mol. The van der Waals surface area contributed by atoms with Gasteiger partial charge in [0.25, 0.3) is 0 Å². The Morgan fingerprint density at radius 1 is 1.29 bits per heavy atom. The molecule has 0 radical (unpaired) electrons. The van der Waals surface area contributed by atoms with Crippen molar-refractivity contribution in [2.75, 3.05) is 6.54 Å². The lowest BCUT2D eigenvalue weighted by Gasteiger charge is -2.15. The molecule has 0 amide bonds. The second-order valence-electron chi connectivity index (χ2n) is 4.28. The van der Waals surface area contributed by atoms with Gasteiger partial charge in [-0.05, 0) is 13.5 Å². The number of rotatable bonds is 4. The second kappa shape index (κ2) is 4.71. The molecule has 0 aliphatic heterocycles. The maximum absolute atomic E-state index is 4.40. The Morgan fingerprint density at radius 2 is 2.06 bits per heavy atom. The van der Waals surface area contributed by atoms with Crippen LogP contribution in [-0.4, -0.2) is 26.1 Å². The summed E-state index contributed by atoms with van der Waals surface area (Å²) in [5, 5.41) is 12.1. The fourth-order valence-electron chi connectivity index (χ4n) is 2.10. The molecule has 2 heterocycles. The smallest absolute Gasteiger partial charge is 0.0644 e. The van der Waals surface area contributed by atoms with E-state index in [1.807, 2.05) is 42.8 Å². The largest absolute Gasteiger partial charge is 0.306 e. The third-order valence-electron chi connectivity index (χ3n) is 2.83. The van der Waals surface area contributed by atoms with Gasteiger partial charge in [0.05, 0.1) is 17.9 Å². The minimum Gasteiger partial charge on any atom is -0.306 e. The summed E-state index contributed by atoms with van der Waals surface area (Å²) in [5.74, 6) is 0. The van der Waals surface area contributed by atoms with E-state index < -0.39 is 0 Å². The molecule has 0 aliphatic carbocycles. The molecule has 0 aromatic carbocycles. The Kier molecular flexibility index (Phi) is 3.28. The van der Waals surface area contributed by atoms with Crippen LogP contribution in [0.5, 0.6) is 0 Å². The molecule has 5 nitrogen and oxygen atoms in total. The van der Waals surface area contributed by atoms with Crippen molar-refractivity contribution < 1.29 is 0 Å². The molecular weight excluding hydrogens is 214 g/mol. The van der Waals surface area contributed by atoms with Gasteiger partial charge in [-0.15, -0.1) is 0 Å². The molecule has 5 heteroatoms. The summed E-state index contributed by atoms with van der Waals surface area (Å²) in [6.07, 6.45) is 6.01. The van der Waals surface area contributed by atoms with Crippen LogP contribution in [0.15, 0.2) is 18.6 Å². The molecule has 0 aliphatic rings. The van der Waals surface area contributed by atoms with E-state index in [1.54, 1.807) is 0 Å². The van der Waals surface area contributed by atoms with Crippen LogP contribution in [0, 0.1) is 6.92 Å². The number of nitrogens with zero attached hydrogens (tertiary/aromatic N) is 4. The molecule has 1 atom stereocenters. The van der Waals surface area contributed by atoms with Crippen molar-refractivity contribution in [2.45, 2.75) is 19.9 Å². The predicted octanol–water partition coefficient (Wildman–Crippen LogP) is 1.16.